The lowest BCUT2D eigenvalue weighted by atomic mass is 10.2. The zero-order valence-electron chi connectivity index (χ0n) is 8.87. The summed E-state index contributed by atoms with van der Waals surface area (Å²) in [7, 11) is 1.67. The van der Waals surface area contributed by atoms with Gasteiger partial charge in [-0.2, -0.15) is 5.10 Å². The second kappa shape index (κ2) is 4.12. The number of carbonyl (C=O) groups is 2. The lowest BCUT2D eigenvalue weighted by Crippen LogP contribution is -2.20. The molecule has 1 heterocycles. The van der Waals surface area contributed by atoms with E-state index in [-0.39, 0.29) is 18.1 Å². The Morgan fingerprint density at radius 1 is 1.53 bits per heavy atom. The molecule has 15 heavy (non-hydrogen) atoms. The quantitative estimate of drug-likeness (QED) is 0.740. The van der Waals surface area contributed by atoms with Crippen molar-refractivity contribution < 1.29 is 14.7 Å². The summed E-state index contributed by atoms with van der Waals surface area (Å²) in [4.78, 5) is 21.6. The van der Waals surface area contributed by atoms with Crippen molar-refractivity contribution in [1.29, 1.82) is 0 Å². The van der Waals surface area contributed by atoms with Gasteiger partial charge in [-0.3, -0.25) is 9.48 Å². The molecule has 1 rings (SSSR count). The monoisotopic (exact) mass is 211 g/mol. The fraction of sp³-hybridized carbons (Fsp3) is 0.444. The lowest BCUT2D eigenvalue weighted by molar-refractivity contribution is -0.119. The fourth-order valence-corrected chi connectivity index (χ4v) is 1.25. The van der Waals surface area contributed by atoms with Crippen LogP contribution in [0.25, 0.3) is 0 Å². The van der Waals surface area contributed by atoms with E-state index >= 15 is 0 Å². The molecule has 6 heteroatoms. The lowest BCUT2D eigenvalue weighted by Gasteiger charge is -2.02. The molecular weight excluding hydrogens is 198 g/mol. The van der Waals surface area contributed by atoms with Crippen LogP contribution in [0.4, 0.5) is 0 Å². The molecule has 0 aromatic carbocycles. The summed E-state index contributed by atoms with van der Waals surface area (Å²) >= 11 is 0. The van der Waals surface area contributed by atoms with Crippen LogP contribution in [0.5, 0.6) is 0 Å². The van der Waals surface area contributed by atoms with Crippen LogP contribution in [0.15, 0.2) is 0 Å². The van der Waals surface area contributed by atoms with Gasteiger partial charge < -0.3 is 10.4 Å². The molecule has 0 saturated heterocycles. The van der Waals surface area contributed by atoms with E-state index in [2.05, 4.69) is 10.4 Å². The van der Waals surface area contributed by atoms with Crippen LogP contribution in [-0.4, -0.2) is 26.8 Å². The standard InChI is InChI=1S/C9H13N3O3/c1-5-7(4-10-6(2)13)8(9(14)15)11-12(5)3/h4H2,1-3H3,(H,10,13)(H,14,15). The predicted molar refractivity (Wildman–Crippen MR) is 52.4 cm³/mol. The van der Waals surface area contributed by atoms with Crippen molar-refractivity contribution >= 4 is 11.9 Å². The third kappa shape index (κ3) is 2.34. The smallest absolute Gasteiger partial charge is 0.356 e. The zero-order valence-corrected chi connectivity index (χ0v) is 8.87. The van der Waals surface area contributed by atoms with Crippen molar-refractivity contribution in [3.8, 4) is 0 Å². The van der Waals surface area contributed by atoms with Crippen molar-refractivity contribution in [2.75, 3.05) is 0 Å². The molecule has 0 atom stereocenters. The third-order valence-electron chi connectivity index (χ3n) is 2.17. The van der Waals surface area contributed by atoms with Gasteiger partial charge in [0.25, 0.3) is 0 Å². The van der Waals surface area contributed by atoms with Gasteiger partial charge in [0.15, 0.2) is 5.69 Å². The maximum atomic E-state index is 10.8. The largest absolute Gasteiger partial charge is 0.476 e. The van der Waals surface area contributed by atoms with Crippen molar-refractivity contribution in [3.63, 3.8) is 0 Å². The second-order valence-corrected chi connectivity index (χ2v) is 3.25. The Hall–Kier alpha value is -1.85. The highest BCUT2D eigenvalue weighted by Crippen LogP contribution is 2.12. The number of nitrogens with zero attached hydrogens (tertiary/aromatic N) is 2. The number of aryl methyl sites for hydroxylation is 1. The van der Waals surface area contributed by atoms with E-state index in [1.165, 1.54) is 11.6 Å². The molecule has 1 aromatic heterocycles. The molecule has 0 aliphatic rings. The first kappa shape index (κ1) is 11.2. The number of nitrogens with one attached hydrogen (secondary N) is 1. The third-order valence-corrected chi connectivity index (χ3v) is 2.17. The first-order valence-electron chi connectivity index (χ1n) is 4.43. The minimum Gasteiger partial charge on any atom is -0.476 e. The van der Waals surface area contributed by atoms with Gasteiger partial charge in [0.05, 0.1) is 0 Å². The number of rotatable bonds is 3. The van der Waals surface area contributed by atoms with E-state index in [0.717, 1.165) is 5.69 Å². The minimum atomic E-state index is -1.08. The summed E-state index contributed by atoms with van der Waals surface area (Å²) in [6.07, 6.45) is 0. The van der Waals surface area contributed by atoms with Crippen LogP contribution in [0.2, 0.25) is 0 Å². The van der Waals surface area contributed by atoms with E-state index in [1.54, 1.807) is 14.0 Å². The summed E-state index contributed by atoms with van der Waals surface area (Å²) in [5.41, 5.74) is 1.27. The predicted octanol–water partition coefficient (Wildman–Crippen LogP) is 0.0628. The summed E-state index contributed by atoms with van der Waals surface area (Å²) in [5.74, 6) is -1.28. The Balaban J connectivity index is 3.02. The highest BCUT2D eigenvalue weighted by Gasteiger charge is 2.18. The van der Waals surface area contributed by atoms with Crippen LogP contribution in [0.1, 0.15) is 28.7 Å². The van der Waals surface area contributed by atoms with E-state index in [1.807, 2.05) is 0 Å². The summed E-state index contributed by atoms with van der Waals surface area (Å²) < 4.78 is 1.49. The van der Waals surface area contributed by atoms with Gasteiger partial charge in [-0.15, -0.1) is 0 Å². The molecule has 1 aromatic rings. The zero-order chi connectivity index (χ0) is 11.6. The van der Waals surface area contributed by atoms with Crippen LogP contribution < -0.4 is 5.32 Å². The normalized spacial score (nSPS) is 10.1. The average molecular weight is 211 g/mol. The maximum Gasteiger partial charge on any atom is 0.356 e. The van der Waals surface area contributed by atoms with Gasteiger partial charge in [-0.05, 0) is 6.92 Å². The molecule has 0 bridgehead atoms. The van der Waals surface area contributed by atoms with Crippen LogP contribution in [0, 0.1) is 6.92 Å². The van der Waals surface area contributed by atoms with E-state index in [4.69, 9.17) is 5.11 Å². The average Bonchev–Trinajstić information content (AvgIpc) is 2.41. The number of carboxylic acid groups (broad SMARTS) is 1. The van der Waals surface area contributed by atoms with Gasteiger partial charge in [-0.25, -0.2) is 4.79 Å². The summed E-state index contributed by atoms with van der Waals surface area (Å²) in [6.45, 7) is 3.33. The molecule has 0 spiro atoms. The van der Waals surface area contributed by atoms with Crippen molar-refractivity contribution in [1.82, 2.24) is 15.1 Å². The SMILES string of the molecule is CC(=O)NCc1c(C(=O)O)nn(C)c1C. The molecule has 0 aliphatic carbocycles. The Kier molecular flexibility index (Phi) is 3.08. The maximum absolute atomic E-state index is 10.8. The molecule has 82 valence electrons. The highest BCUT2D eigenvalue weighted by molar-refractivity contribution is 5.87. The molecule has 6 nitrogen and oxygen atoms in total. The minimum absolute atomic E-state index is 0.0104. The molecule has 0 saturated carbocycles. The number of carboxylic acids is 1. The Morgan fingerprint density at radius 2 is 2.13 bits per heavy atom. The topological polar surface area (TPSA) is 84.2 Å². The van der Waals surface area contributed by atoms with E-state index in [0.29, 0.717) is 5.56 Å². The number of aromatic nitrogens is 2. The molecule has 0 unspecified atom stereocenters. The van der Waals surface area contributed by atoms with Crippen LogP contribution >= 0.6 is 0 Å². The Labute approximate surface area is 86.9 Å². The Bertz CT molecular complexity index is 409. The van der Waals surface area contributed by atoms with E-state index in [9.17, 15) is 9.59 Å². The summed E-state index contributed by atoms with van der Waals surface area (Å²) in [5, 5.41) is 15.3. The molecule has 0 fully saturated rings. The molecule has 1 amide bonds. The molecular formula is C9H13N3O3. The number of amides is 1. The van der Waals surface area contributed by atoms with Crippen LogP contribution in [0.3, 0.4) is 0 Å². The Morgan fingerprint density at radius 3 is 2.60 bits per heavy atom. The first-order valence-corrected chi connectivity index (χ1v) is 4.43. The van der Waals surface area contributed by atoms with Crippen molar-refractivity contribution in [3.05, 3.63) is 17.0 Å². The van der Waals surface area contributed by atoms with E-state index < -0.39 is 5.97 Å². The first-order chi connectivity index (χ1) is 6.93. The fourth-order valence-electron chi connectivity index (χ4n) is 1.25. The van der Waals surface area contributed by atoms with Gasteiger partial charge in [0.1, 0.15) is 0 Å². The molecule has 2 N–H and O–H groups in total. The van der Waals surface area contributed by atoms with Crippen molar-refractivity contribution in [2.24, 2.45) is 7.05 Å². The number of carbonyl (C=O) groups excluding carboxylic acids is 1. The van der Waals surface area contributed by atoms with Gasteiger partial charge in [-0.1, -0.05) is 0 Å². The highest BCUT2D eigenvalue weighted by atomic mass is 16.4. The number of aromatic carboxylic acids is 1. The van der Waals surface area contributed by atoms with Gasteiger partial charge in [0, 0.05) is 31.8 Å². The van der Waals surface area contributed by atoms with Crippen LogP contribution in [-0.2, 0) is 18.4 Å². The van der Waals surface area contributed by atoms with Gasteiger partial charge in [0.2, 0.25) is 5.91 Å². The van der Waals surface area contributed by atoms with Gasteiger partial charge >= 0.3 is 5.97 Å². The number of hydrogen-bond acceptors (Lipinski definition) is 3. The number of hydrogen-bond donors (Lipinski definition) is 2. The summed E-state index contributed by atoms with van der Waals surface area (Å²) in [6, 6.07) is 0. The molecule has 0 aliphatic heterocycles. The van der Waals surface area contributed by atoms with Crippen molar-refractivity contribution in [2.45, 2.75) is 20.4 Å². The molecule has 0 radical (unpaired) electrons. The second-order valence-electron chi connectivity index (χ2n) is 3.25.